The van der Waals surface area contributed by atoms with Gasteiger partial charge in [0.15, 0.2) is 0 Å². The van der Waals surface area contributed by atoms with Crippen LogP contribution >= 0.6 is 27.5 Å². The largest absolute Gasteiger partial charge is 0.325 e. The molecule has 2 N–H and O–H groups in total. The second-order valence-corrected chi connectivity index (χ2v) is 5.12. The molecule has 1 heterocycles. The lowest BCUT2D eigenvalue weighted by Gasteiger charge is -2.08. The first-order valence-corrected chi connectivity index (χ1v) is 6.50. The molecular formula is C11H15BrClN3O. The third kappa shape index (κ3) is 5.48. The van der Waals surface area contributed by atoms with Crippen LogP contribution in [0.5, 0.6) is 0 Å². The van der Waals surface area contributed by atoms with Crippen LogP contribution in [0.3, 0.4) is 0 Å². The Hall–Kier alpha value is -0.650. The summed E-state index contributed by atoms with van der Waals surface area (Å²) in [4.78, 5) is 15.5. The zero-order valence-electron chi connectivity index (χ0n) is 9.76. The standard InChI is InChI=1S/C11H15BrClN3O/c1-7(2)14-4-3-10(17)16-8-5-9(12)11(13)15-6-8/h5-7,14H,3-4H2,1-2H3,(H,16,17). The Bertz CT molecular complexity index is 398. The first-order chi connectivity index (χ1) is 7.99. The molecule has 1 aromatic rings. The van der Waals surface area contributed by atoms with Gasteiger partial charge in [0.2, 0.25) is 5.91 Å². The summed E-state index contributed by atoms with van der Waals surface area (Å²) >= 11 is 9.00. The predicted octanol–water partition coefficient (Wildman–Crippen LogP) is 2.82. The number of nitrogens with one attached hydrogen (secondary N) is 2. The van der Waals surface area contributed by atoms with Gasteiger partial charge in [-0.15, -0.1) is 0 Å². The number of hydrogen-bond acceptors (Lipinski definition) is 3. The Labute approximate surface area is 114 Å². The maximum atomic E-state index is 11.6. The number of hydrogen-bond donors (Lipinski definition) is 2. The van der Waals surface area contributed by atoms with Crippen molar-refractivity contribution in [3.05, 3.63) is 21.9 Å². The lowest BCUT2D eigenvalue weighted by molar-refractivity contribution is -0.116. The van der Waals surface area contributed by atoms with Gasteiger partial charge in [-0.3, -0.25) is 4.79 Å². The zero-order chi connectivity index (χ0) is 12.8. The van der Waals surface area contributed by atoms with E-state index < -0.39 is 0 Å². The average Bonchev–Trinajstić information content (AvgIpc) is 2.23. The summed E-state index contributed by atoms with van der Waals surface area (Å²) in [6.45, 7) is 4.74. The molecule has 0 aliphatic rings. The van der Waals surface area contributed by atoms with E-state index in [1.807, 2.05) is 13.8 Å². The minimum atomic E-state index is -0.0471. The van der Waals surface area contributed by atoms with Crippen molar-refractivity contribution in [2.45, 2.75) is 26.3 Å². The SMILES string of the molecule is CC(C)NCCC(=O)Nc1cnc(Cl)c(Br)c1. The third-order valence-electron chi connectivity index (χ3n) is 1.98. The van der Waals surface area contributed by atoms with Crippen molar-refractivity contribution in [2.24, 2.45) is 0 Å². The number of pyridine rings is 1. The van der Waals surface area contributed by atoms with E-state index in [-0.39, 0.29) is 5.91 Å². The lowest BCUT2D eigenvalue weighted by atomic mass is 10.3. The van der Waals surface area contributed by atoms with Crippen LogP contribution in [0.4, 0.5) is 5.69 Å². The fraction of sp³-hybridized carbons (Fsp3) is 0.455. The first-order valence-electron chi connectivity index (χ1n) is 5.33. The molecule has 0 saturated carbocycles. The summed E-state index contributed by atoms with van der Waals surface area (Å²) in [5, 5.41) is 6.31. The van der Waals surface area contributed by atoms with Crippen LogP contribution < -0.4 is 10.6 Å². The van der Waals surface area contributed by atoms with Crippen LogP contribution in [0, 0.1) is 0 Å². The molecule has 0 aromatic carbocycles. The van der Waals surface area contributed by atoms with E-state index in [1.54, 1.807) is 6.07 Å². The van der Waals surface area contributed by atoms with Gasteiger partial charge in [0.25, 0.3) is 0 Å². The minimum absolute atomic E-state index is 0.0471. The molecular weight excluding hydrogens is 305 g/mol. The van der Waals surface area contributed by atoms with Crippen LogP contribution in [-0.2, 0) is 4.79 Å². The van der Waals surface area contributed by atoms with E-state index in [2.05, 4.69) is 31.5 Å². The fourth-order valence-electron chi connectivity index (χ4n) is 1.19. The highest BCUT2D eigenvalue weighted by atomic mass is 79.9. The summed E-state index contributed by atoms with van der Waals surface area (Å²) < 4.78 is 0.664. The maximum absolute atomic E-state index is 11.6. The van der Waals surface area contributed by atoms with Gasteiger partial charge in [-0.1, -0.05) is 25.4 Å². The molecule has 0 bridgehead atoms. The number of anilines is 1. The number of amides is 1. The molecule has 17 heavy (non-hydrogen) atoms. The molecule has 0 fully saturated rings. The van der Waals surface area contributed by atoms with Crippen LogP contribution in [-0.4, -0.2) is 23.5 Å². The topological polar surface area (TPSA) is 54.0 Å². The monoisotopic (exact) mass is 319 g/mol. The molecule has 0 atom stereocenters. The van der Waals surface area contributed by atoms with Crippen LogP contribution in [0.25, 0.3) is 0 Å². The molecule has 0 saturated heterocycles. The Morgan fingerprint density at radius 1 is 1.59 bits per heavy atom. The van der Waals surface area contributed by atoms with E-state index in [0.717, 1.165) is 0 Å². The third-order valence-corrected chi connectivity index (χ3v) is 3.12. The zero-order valence-corrected chi connectivity index (χ0v) is 12.1. The van der Waals surface area contributed by atoms with E-state index in [1.165, 1.54) is 6.20 Å². The predicted molar refractivity (Wildman–Crippen MR) is 73.3 cm³/mol. The van der Waals surface area contributed by atoms with Gasteiger partial charge in [0.1, 0.15) is 5.15 Å². The number of nitrogens with zero attached hydrogens (tertiary/aromatic N) is 1. The Kier molecular flexibility index (Phi) is 5.88. The van der Waals surface area contributed by atoms with Crippen molar-refractivity contribution in [1.82, 2.24) is 10.3 Å². The second-order valence-electron chi connectivity index (χ2n) is 3.90. The van der Waals surface area contributed by atoms with Crippen molar-refractivity contribution >= 4 is 39.1 Å². The molecule has 6 heteroatoms. The molecule has 4 nitrogen and oxygen atoms in total. The first kappa shape index (κ1) is 14.4. The van der Waals surface area contributed by atoms with Gasteiger partial charge < -0.3 is 10.6 Å². The van der Waals surface area contributed by atoms with Gasteiger partial charge in [0.05, 0.1) is 16.4 Å². The molecule has 94 valence electrons. The van der Waals surface area contributed by atoms with Crippen molar-refractivity contribution in [2.75, 3.05) is 11.9 Å². The van der Waals surface area contributed by atoms with Crippen LogP contribution in [0.2, 0.25) is 5.15 Å². The highest BCUT2D eigenvalue weighted by Gasteiger charge is 2.05. The molecule has 1 amide bonds. The Morgan fingerprint density at radius 2 is 2.29 bits per heavy atom. The summed E-state index contributed by atoms with van der Waals surface area (Å²) in [6, 6.07) is 2.11. The van der Waals surface area contributed by atoms with Gasteiger partial charge in [0, 0.05) is 19.0 Å². The summed E-state index contributed by atoms with van der Waals surface area (Å²) in [7, 11) is 0. The van der Waals surface area contributed by atoms with Gasteiger partial charge in [-0.05, 0) is 22.0 Å². The van der Waals surface area contributed by atoms with Crippen LogP contribution in [0.15, 0.2) is 16.7 Å². The molecule has 0 aliphatic heterocycles. The molecule has 1 aromatic heterocycles. The minimum Gasteiger partial charge on any atom is -0.325 e. The van der Waals surface area contributed by atoms with Crippen molar-refractivity contribution in [3.8, 4) is 0 Å². The molecule has 0 spiro atoms. The molecule has 0 aliphatic carbocycles. The Morgan fingerprint density at radius 3 is 2.88 bits per heavy atom. The van der Waals surface area contributed by atoms with Crippen LogP contribution in [0.1, 0.15) is 20.3 Å². The van der Waals surface area contributed by atoms with Gasteiger partial charge in [-0.2, -0.15) is 0 Å². The van der Waals surface area contributed by atoms with E-state index in [9.17, 15) is 4.79 Å². The lowest BCUT2D eigenvalue weighted by Crippen LogP contribution is -2.27. The molecule has 0 unspecified atom stereocenters. The van der Waals surface area contributed by atoms with Gasteiger partial charge in [-0.25, -0.2) is 4.98 Å². The second kappa shape index (κ2) is 6.93. The number of aromatic nitrogens is 1. The summed E-state index contributed by atoms with van der Waals surface area (Å²) in [6.07, 6.45) is 1.96. The molecule has 0 radical (unpaired) electrons. The number of carbonyl (C=O) groups is 1. The fourth-order valence-corrected chi connectivity index (χ4v) is 1.64. The number of halogens is 2. The normalized spacial score (nSPS) is 10.6. The smallest absolute Gasteiger partial charge is 0.225 e. The highest BCUT2D eigenvalue weighted by molar-refractivity contribution is 9.10. The maximum Gasteiger partial charge on any atom is 0.225 e. The Balaban J connectivity index is 2.42. The highest BCUT2D eigenvalue weighted by Crippen LogP contribution is 2.22. The van der Waals surface area contributed by atoms with Crippen molar-refractivity contribution < 1.29 is 4.79 Å². The quantitative estimate of drug-likeness (QED) is 0.820. The number of carbonyl (C=O) groups excluding carboxylic acids is 1. The van der Waals surface area contributed by atoms with E-state index in [4.69, 9.17) is 11.6 Å². The molecule has 1 rings (SSSR count). The van der Waals surface area contributed by atoms with Crippen molar-refractivity contribution in [1.29, 1.82) is 0 Å². The number of rotatable bonds is 5. The van der Waals surface area contributed by atoms with Crippen molar-refractivity contribution in [3.63, 3.8) is 0 Å². The summed E-state index contributed by atoms with van der Waals surface area (Å²) in [5.74, 6) is -0.0471. The van der Waals surface area contributed by atoms with E-state index in [0.29, 0.717) is 34.3 Å². The average molecular weight is 321 g/mol. The van der Waals surface area contributed by atoms with E-state index >= 15 is 0 Å². The summed E-state index contributed by atoms with van der Waals surface area (Å²) in [5.41, 5.74) is 0.635. The van der Waals surface area contributed by atoms with Gasteiger partial charge >= 0.3 is 0 Å².